The van der Waals surface area contributed by atoms with Crippen molar-refractivity contribution in [3.63, 3.8) is 0 Å². The number of amides is 1. The van der Waals surface area contributed by atoms with Gasteiger partial charge in [-0.05, 0) is 82.0 Å². The summed E-state index contributed by atoms with van der Waals surface area (Å²) < 4.78 is 26.6. The van der Waals surface area contributed by atoms with Crippen LogP contribution in [-0.2, 0) is 11.3 Å². The summed E-state index contributed by atoms with van der Waals surface area (Å²) in [6.07, 6.45) is 2.78. The van der Waals surface area contributed by atoms with Crippen molar-refractivity contribution in [1.29, 1.82) is 0 Å². The summed E-state index contributed by atoms with van der Waals surface area (Å²) in [5.41, 5.74) is 4.84. The van der Waals surface area contributed by atoms with Gasteiger partial charge in [-0.2, -0.15) is 0 Å². The van der Waals surface area contributed by atoms with Crippen LogP contribution in [0.3, 0.4) is 0 Å². The van der Waals surface area contributed by atoms with Gasteiger partial charge in [-0.3, -0.25) is 4.79 Å². The smallest absolute Gasteiger partial charge is 0.229 e. The molecule has 1 aliphatic carbocycles. The third kappa shape index (κ3) is 7.68. The van der Waals surface area contributed by atoms with Crippen LogP contribution >= 0.6 is 23.2 Å². The highest BCUT2D eigenvalue weighted by atomic mass is 35.5. The van der Waals surface area contributed by atoms with Crippen molar-refractivity contribution >= 4 is 34.8 Å². The first-order valence-electron chi connectivity index (χ1n) is 14.5. The highest BCUT2D eigenvalue weighted by Gasteiger charge is 2.40. The zero-order valence-corrected chi connectivity index (χ0v) is 25.8. The van der Waals surface area contributed by atoms with Crippen molar-refractivity contribution in [2.45, 2.75) is 58.7 Å². The summed E-state index contributed by atoms with van der Waals surface area (Å²) in [6.45, 7) is 8.38. The first-order chi connectivity index (χ1) is 20.2. The number of halogens is 3. The monoisotopic (exact) mass is 613 g/mol. The second-order valence-electron chi connectivity index (χ2n) is 11.4. The maximum absolute atomic E-state index is 15.2. The van der Waals surface area contributed by atoms with Crippen molar-refractivity contribution < 1.29 is 18.7 Å². The molecule has 42 heavy (non-hydrogen) atoms. The molecule has 2 aliphatic rings. The molecule has 9 heteroatoms. The molecule has 3 aromatic rings. The van der Waals surface area contributed by atoms with E-state index >= 15 is 4.39 Å². The number of nitrogens with zero attached hydrogens (tertiary/aromatic N) is 1. The molecule has 0 spiro atoms. The Labute approximate surface area is 257 Å². The molecule has 6 nitrogen and oxygen atoms in total. The molecule has 2 unspecified atom stereocenters. The second-order valence-corrected chi connectivity index (χ2v) is 12.3. The summed E-state index contributed by atoms with van der Waals surface area (Å²) in [5, 5.41) is 7.57. The molecule has 1 saturated heterocycles. The zero-order chi connectivity index (χ0) is 29.8. The number of ether oxygens (including phenoxy) is 2. The van der Waals surface area contributed by atoms with Gasteiger partial charge in [-0.25, -0.2) is 4.39 Å². The predicted octanol–water partition coefficient (Wildman–Crippen LogP) is 7.10. The third-order valence-electron chi connectivity index (χ3n) is 7.73. The number of carbonyl (C=O) groups excluding carboxylic acids is 1. The van der Waals surface area contributed by atoms with Gasteiger partial charge < -0.3 is 25.0 Å². The number of piperidine rings is 1. The van der Waals surface area contributed by atoms with Gasteiger partial charge in [0.2, 0.25) is 5.91 Å². The topological polar surface area (TPSA) is 62.8 Å². The summed E-state index contributed by atoms with van der Waals surface area (Å²) in [5.74, 6) is 0.179. The number of rotatable bonds is 11. The van der Waals surface area contributed by atoms with Crippen LogP contribution in [0.5, 0.6) is 11.5 Å². The number of anilines is 1. The number of nitrogens with one attached hydrogen (secondary N) is 2. The predicted molar refractivity (Wildman–Crippen MR) is 166 cm³/mol. The number of carbonyl (C=O) groups is 1. The van der Waals surface area contributed by atoms with Crippen molar-refractivity contribution in [1.82, 2.24) is 10.2 Å². The lowest BCUT2D eigenvalue weighted by Crippen LogP contribution is -2.52. The molecule has 2 N–H and O–H groups in total. The number of benzene rings is 3. The molecule has 0 aromatic heterocycles. The van der Waals surface area contributed by atoms with E-state index in [-0.39, 0.29) is 37.1 Å². The Kier molecular flexibility index (Phi) is 9.81. The van der Waals surface area contributed by atoms with Gasteiger partial charge in [0.05, 0.1) is 21.7 Å². The summed E-state index contributed by atoms with van der Waals surface area (Å²) in [4.78, 5) is 15.9. The maximum atomic E-state index is 15.2. The molecular formula is C33H38Cl2FN3O3. The molecular weight excluding hydrogens is 576 g/mol. The van der Waals surface area contributed by atoms with E-state index < -0.39 is 5.82 Å². The Morgan fingerprint density at radius 2 is 1.62 bits per heavy atom. The van der Waals surface area contributed by atoms with Gasteiger partial charge in [0.15, 0.2) is 5.75 Å². The highest BCUT2D eigenvalue weighted by Crippen LogP contribution is 2.34. The summed E-state index contributed by atoms with van der Waals surface area (Å²) in [7, 11) is 0. The Morgan fingerprint density at radius 1 is 0.952 bits per heavy atom. The van der Waals surface area contributed by atoms with Gasteiger partial charge in [0.25, 0.3) is 0 Å². The molecule has 0 bridgehead atoms. The molecule has 1 saturated carbocycles. The summed E-state index contributed by atoms with van der Waals surface area (Å²) >= 11 is 12.5. The SMILES string of the molecule is Cc1cc(C)cc(CN(C(=O)C2CNCCC2Nc2ccc(OCCOc3c(Cl)cc(C)cc3Cl)cc2F)C2CC2)c1. The first-order valence-corrected chi connectivity index (χ1v) is 15.3. The quantitative estimate of drug-likeness (QED) is 0.226. The van der Waals surface area contributed by atoms with Crippen LogP contribution in [0.25, 0.3) is 0 Å². The molecule has 2 fully saturated rings. The van der Waals surface area contributed by atoms with Crippen LogP contribution in [-0.4, -0.2) is 49.2 Å². The fourth-order valence-corrected chi connectivity index (χ4v) is 6.37. The summed E-state index contributed by atoms with van der Waals surface area (Å²) in [6, 6.07) is 14.8. The lowest BCUT2D eigenvalue weighted by atomic mass is 9.91. The van der Waals surface area contributed by atoms with Gasteiger partial charge in [-0.15, -0.1) is 0 Å². The zero-order valence-electron chi connectivity index (χ0n) is 24.3. The van der Waals surface area contributed by atoms with Crippen molar-refractivity contribution in [2.75, 3.05) is 31.6 Å². The number of hydrogen-bond donors (Lipinski definition) is 2. The number of aryl methyl sites for hydroxylation is 3. The highest BCUT2D eigenvalue weighted by molar-refractivity contribution is 6.37. The lowest BCUT2D eigenvalue weighted by Gasteiger charge is -2.36. The van der Waals surface area contributed by atoms with E-state index in [9.17, 15) is 4.79 Å². The molecule has 1 heterocycles. The Morgan fingerprint density at radius 3 is 2.29 bits per heavy atom. The normalized spacial score (nSPS) is 18.4. The minimum Gasteiger partial charge on any atom is -0.490 e. The largest absolute Gasteiger partial charge is 0.490 e. The van der Waals surface area contributed by atoms with Crippen LogP contribution in [0.2, 0.25) is 10.0 Å². The molecule has 1 aliphatic heterocycles. The van der Waals surface area contributed by atoms with E-state index in [1.54, 1.807) is 24.3 Å². The van der Waals surface area contributed by atoms with Crippen molar-refractivity contribution in [2.24, 2.45) is 5.92 Å². The van der Waals surface area contributed by atoms with Crippen LogP contribution in [0.4, 0.5) is 10.1 Å². The van der Waals surface area contributed by atoms with Gasteiger partial charge >= 0.3 is 0 Å². The minimum absolute atomic E-state index is 0.121. The van der Waals surface area contributed by atoms with Crippen molar-refractivity contribution in [3.8, 4) is 11.5 Å². The molecule has 2 atom stereocenters. The molecule has 224 valence electrons. The average Bonchev–Trinajstić information content (AvgIpc) is 3.77. The third-order valence-corrected chi connectivity index (χ3v) is 8.29. The van der Waals surface area contributed by atoms with E-state index in [4.69, 9.17) is 32.7 Å². The fourth-order valence-electron chi connectivity index (χ4n) is 5.66. The molecule has 1 amide bonds. The second kappa shape index (κ2) is 13.5. The standard InChI is InChI=1S/C33H38Cl2FN3O3/c1-20-12-21(2)14-23(13-20)19-39(24-4-5-24)33(40)26-18-37-9-8-30(26)38-31-7-6-25(17-29(31)36)41-10-11-42-32-27(34)15-22(3)16-28(32)35/h6-7,12-17,24,26,30,37-38H,4-5,8-11,18-19H2,1-3H3. The maximum Gasteiger partial charge on any atom is 0.229 e. The molecule has 3 aromatic carbocycles. The van der Waals surface area contributed by atoms with E-state index in [0.717, 1.165) is 36.9 Å². The lowest BCUT2D eigenvalue weighted by molar-refractivity contribution is -0.137. The van der Waals surface area contributed by atoms with Gasteiger partial charge in [0, 0.05) is 31.2 Å². The van der Waals surface area contributed by atoms with E-state index in [2.05, 4.69) is 42.7 Å². The molecule has 5 rings (SSSR count). The first kappa shape index (κ1) is 30.5. The Hall–Kier alpha value is -3.00. The Bertz CT molecular complexity index is 1390. The molecule has 0 radical (unpaired) electrons. The van der Waals surface area contributed by atoms with Crippen LogP contribution in [0, 0.1) is 32.5 Å². The van der Waals surface area contributed by atoms with E-state index in [1.165, 1.54) is 17.2 Å². The fraction of sp³-hybridized carbons (Fsp3) is 0.424. The average molecular weight is 615 g/mol. The Balaban J connectivity index is 1.20. The van der Waals surface area contributed by atoms with Gasteiger partial charge in [-0.1, -0.05) is 52.5 Å². The minimum atomic E-state index is -0.433. The number of hydrogen-bond acceptors (Lipinski definition) is 5. The van der Waals surface area contributed by atoms with E-state index in [0.29, 0.717) is 40.3 Å². The van der Waals surface area contributed by atoms with E-state index in [1.807, 2.05) is 11.8 Å². The van der Waals surface area contributed by atoms with Crippen LogP contribution in [0.15, 0.2) is 48.5 Å². The van der Waals surface area contributed by atoms with Crippen LogP contribution in [0.1, 0.15) is 41.5 Å². The van der Waals surface area contributed by atoms with Crippen LogP contribution < -0.4 is 20.1 Å². The van der Waals surface area contributed by atoms with Crippen molar-refractivity contribution in [3.05, 3.63) is 86.6 Å². The van der Waals surface area contributed by atoms with Gasteiger partial charge in [0.1, 0.15) is 24.8 Å².